The molecule has 2 aromatic heterocycles. The molecule has 1 amide bonds. The van der Waals surface area contributed by atoms with Crippen LogP contribution in [0.25, 0.3) is 10.2 Å². The summed E-state index contributed by atoms with van der Waals surface area (Å²) in [7, 11) is 0. The van der Waals surface area contributed by atoms with Gasteiger partial charge in [0.05, 0.1) is 17.1 Å². The number of nitrogens with zero attached hydrogens (tertiary/aromatic N) is 3. The topological polar surface area (TPSA) is 38.1 Å². The monoisotopic (exact) mass is 415 g/mol. The van der Waals surface area contributed by atoms with Crippen molar-refractivity contribution in [3.05, 3.63) is 51.5 Å². The Kier molecular flexibility index (Phi) is 5.74. The molecule has 4 rings (SSSR count). The molecule has 0 unspecified atom stereocenters. The van der Waals surface area contributed by atoms with Gasteiger partial charge in [0.25, 0.3) is 5.91 Å². The van der Waals surface area contributed by atoms with Crippen LogP contribution in [0.2, 0.25) is 5.02 Å². The van der Waals surface area contributed by atoms with Crippen LogP contribution >= 0.6 is 22.9 Å². The molecular formula is C22H26ClN3OS. The lowest BCUT2D eigenvalue weighted by Crippen LogP contribution is -2.41. The second kappa shape index (κ2) is 8.26. The Bertz CT molecular complexity index is 987. The average molecular weight is 416 g/mol. The van der Waals surface area contributed by atoms with Crippen molar-refractivity contribution >= 4 is 39.1 Å². The largest absolute Gasteiger partial charge is 0.335 e. The van der Waals surface area contributed by atoms with Crippen LogP contribution in [-0.4, -0.2) is 33.2 Å². The van der Waals surface area contributed by atoms with Crippen LogP contribution < -0.4 is 0 Å². The highest BCUT2D eigenvalue weighted by molar-refractivity contribution is 7.20. The van der Waals surface area contributed by atoms with Gasteiger partial charge in [-0.2, -0.15) is 5.10 Å². The van der Waals surface area contributed by atoms with Gasteiger partial charge in [-0.3, -0.25) is 9.48 Å². The zero-order chi connectivity index (χ0) is 19.7. The van der Waals surface area contributed by atoms with Crippen LogP contribution in [0.3, 0.4) is 0 Å². The Morgan fingerprint density at radius 1 is 1.29 bits per heavy atom. The zero-order valence-electron chi connectivity index (χ0n) is 16.4. The first-order chi connectivity index (χ1) is 13.6. The number of carbonyl (C=O) groups is 1. The summed E-state index contributed by atoms with van der Waals surface area (Å²) >= 11 is 7.89. The number of fused-ring (bicyclic) bond motifs is 1. The first kappa shape index (κ1) is 19.5. The number of carbonyl (C=O) groups excluding carboxylic acids is 1. The Morgan fingerprint density at radius 2 is 2.04 bits per heavy atom. The molecule has 0 atom stereocenters. The molecule has 0 saturated heterocycles. The number of halogens is 1. The molecule has 0 aliphatic heterocycles. The van der Waals surface area contributed by atoms with Crippen molar-refractivity contribution in [2.24, 2.45) is 0 Å². The fourth-order valence-electron chi connectivity index (χ4n) is 4.22. The molecule has 1 aliphatic rings. The van der Waals surface area contributed by atoms with Crippen molar-refractivity contribution in [3.63, 3.8) is 0 Å². The molecule has 1 fully saturated rings. The second-order valence-corrected chi connectivity index (χ2v) is 8.98. The second-order valence-electron chi connectivity index (χ2n) is 7.55. The highest BCUT2D eigenvalue weighted by atomic mass is 35.5. The van der Waals surface area contributed by atoms with Crippen LogP contribution in [0.4, 0.5) is 0 Å². The molecule has 1 saturated carbocycles. The lowest BCUT2D eigenvalue weighted by molar-refractivity contribution is 0.0653. The summed E-state index contributed by atoms with van der Waals surface area (Å²) in [5.74, 6) is 0.166. The summed E-state index contributed by atoms with van der Waals surface area (Å²) in [4.78, 5) is 17.2. The fourth-order valence-corrected chi connectivity index (χ4v) is 5.53. The Balaban J connectivity index is 1.64. The van der Waals surface area contributed by atoms with Gasteiger partial charge in [-0.25, -0.2) is 0 Å². The highest BCUT2D eigenvalue weighted by Crippen LogP contribution is 2.32. The van der Waals surface area contributed by atoms with Crippen LogP contribution in [0.15, 0.2) is 30.3 Å². The number of hydrogen-bond donors (Lipinski definition) is 0. The number of thiophene rings is 1. The van der Waals surface area contributed by atoms with Gasteiger partial charge in [-0.05, 0) is 44.4 Å². The molecule has 0 bridgehead atoms. The van der Waals surface area contributed by atoms with E-state index in [0.717, 1.165) is 50.8 Å². The number of benzene rings is 1. The van der Waals surface area contributed by atoms with E-state index in [4.69, 9.17) is 11.6 Å². The Hall–Kier alpha value is -1.85. The molecule has 1 aromatic carbocycles. The summed E-state index contributed by atoms with van der Waals surface area (Å²) in [6.07, 6.45) is 6.01. The third-order valence-corrected chi connectivity index (χ3v) is 7.22. The molecule has 1 aliphatic carbocycles. The van der Waals surface area contributed by atoms with Crippen molar-refractivity contribution in [1.82, 2.24) is 14.7 Å². The number of rotatable bonds is 5. The molecule has 6 heteroatoms. The van der Waals surface area contributed by atoms with Crippen LogP contribution in [0, 0.1) is 6.92 Å². The molecule has 148 valence electrons. The first-order valence-electron chi connectivity index (χ1n) is 10.1. The summed E-state index contributed by atoms with van der Waals surface area (Å²) in [6, 6.07) is 10.3. The summed E-state index contributed by atoms with van der Waals surface area (Å²) in [6.45, 7) is 5.47. The van der Waals surface area contributed by atoms with E-state index in [1.165, 1.54) is 19.3 Å². The van der Waals surface area contributed by atoms with Gasteiger partial charge in [0.1, 0.15) is 4.83 Å². The van der Waals surface area contributed by atoms with Crippen molar-refractivity contribution in [1.29, 1.82) is 0 Å². The van der Waals surface area contributed by atoms with Gasteiger partial charge in [-0.15, -0.1) is 11.3 Å². The summed E-state index contributed by atoms with van der Waals surface area (Å²) < 4.78 is 1.98. The number of hydrogen-bond acceptors (Lipinski definition) is 3. The standard InChI is InChI=1S/C22H26ClN3OS/c1-3-25(17-10-5-4-6-11-17)21(27)20-13-18-15(2)24-26(22(18)28-20)14-16-9-7-8-12-19(16)23/h7-9,12-13,17H,3-6,10-11,14H2,1-2H3. The van der Waals surface area contributed by atoms with E-state index in [1.807, 2.05) is 41.9 Å². The normalized spacial score (nSPS) is 15.2. The predicted molar refractivity (Wildman–Crippen MR) is 116 cm³/mol. The van der Waals surface area contributed by atoms with Crippen LogP contribution in [0.1, 0.15) is 60.0 Å². The zero-order valence-corrected chi connectivity index (χ0v) is 18.0. The Morgan fingerprint density at radius 3 is 2.75 bits per heavy atom. The lowest BCUT2D eigenvalue weighted by atomic mass is 9.94. The molecule has 4 nitrogen and oxygen atoms in total. The summed E-state index contributed by atoms with van der Waals surface area (Å²) in [5, 5.41) is 6.50. The minimum absolute atomic E-state index is 0.166. The van der Waals surface area contributed by atoms with Crippen LogP contribution in [-0.2, 0) is 6.54 Å². The number of aromatic nitrogens is 2. The minimum atomic E-state index is 0.166. The van der Waals surface area contributed by atoms with Crippen molar-refractivity contribution in [2.45, 2.75) is 58.5 Å². The van der Waals surface area contributed by atoms with Crippen LogP contribution in [0.5, 0.6) is 0 Å². The maximum atomic E-state index is 13.3. The minimum Gasteiger partial charge on any atom is -0.335 e. The highest BCUT2D eigenvalue weighted by Gasteiger charge is 2.27. The van der Waals surface area contributed by atoms with Gasteiger partial charge >= 0.3 is 0 Å². The van der Waals surface area contributed by atoms with Gasteiger partial charge in [0.2, 0.25) is 0 Å². The smallest absolute Gasteiger partial charge is 0.264 e. The SMILES string of the molecule is CCN(C(=O)c1cc2c(C)nn(Cc3ccccc3Cl)c2s1)C1CCCCC1. The molecule has 2 heterocycles. The van der Waals surface area contributed by atoms with E-state index < -0.39 is 0 Å². The molecule has 3 aromatic rings. The van der Waals surface area contributed by atoms with E-state index in [1.54, 1.807) is 11.3 Å². The fraction of sp³-hybridized carbons (Fsp3) is 0.455. The van der Waals surface area contributed by atoms with E-state index in [2.05, 4.69) is 16.9 Å². The predicted octanol–water partition coefficient (Wildman–Crippen LogP) is 5.90. The third-order valence-electron chi connectivity index (χ3n) is 5.71. The molecule has 28 heavy (non-hydrogen) atoms. The van der Waals surface area contributed by atoms with Gasteiger partial charge in [0, 0.05) is 23.0 Å². The third kappa shape index (κ3) is 3.70. The Labute approximate surface area is 175 Å². The lowest BCUT2D eigenvalue weighted by Gasteiger charge is -2.33. The van der Waals surface area contributed by atoms with Crippen molar-refractivity contribution < 1.29 is 4.79 Å². The van der Waals surface area contributed by atoms with Crippen molar-refractivity contribution in [3.8, 4) is 0 Å². The molecule has 0 radical (unpaired) electrons. The molecule has 0 spiro atoms. The van der Waals surface area contributed by atoms with E-state index in [9.17, 15) is 4.79 Å². The number of amides is 1. The maximum absolute atomic E-state index is 13.3. The van der Waals surface area contributed by atoms with E-state index in [-0.39, 0.29) is 5.91 Å². The molecular weight excluding hydrogens is 390 g/mol. The average Bonchev–Trinajstić information content (AvgIpc) is 3.26. The van der Waals surface area contributed by atoms with Crippen molar-refractivity contribution in [2.75, 3.05) is 6.54 Å². The maximum Gasteiger partial charge on any atom is 0.264 e. The summed E-state index contributed by atoms with van der Waals surface area (Å²) in [5.41, 5.74) is 1.99. The van der Waals surface area contributed by atoms with E-state index in [0.29, 0.717) is 12.6 Å². The quantitative estimate of drug-likeness (QED) is 0.520. The first-order valence-corrected chi connectivity index (χ1v) is 11.3. The number of aryl methyl sites for hydroxylation is 1. The van der Waals surface area contributed by atoms with E-state index >= 15 is 0 Å². The van der Waals surface area contributed by atoms with Gasteiger partial charge in [0.15, 0.2) is 0 Å². The molecule has 0 N–H and O–H groups in total. The van der Waals surface area contributed by atoms with Gasteiger partial charge < -0.3 is 4.90 Å². The van der Waals surface area contributed by atoms with Gasteiger partial charge in [-0.1, -0.05) is 49.1 Å².